The third-order valence-corrected chi connectivity index (χ3v) is 4.61. The molecule has 1 aliphatic rings. The lowest BCUT2D eigenvalue weighted by Crippen LogP contribution is -2.39. The molecule has 1 saturated heterocycles. The van der Waals surface area contributed by atoms with Gasteiger partial charge >= 0.3 is 0 Å². The first kappa shape index (κ1) is 16.4. The number of hydrazine groups is 1. The molecule has 3 aromatic rings. The number of aryl methyl sites for hydroxylation is 1. The molecule has 1 amide bonds. The van der Waals surface area contributed by atoms with E-state index in [0.29, 0.717) is 23.0 Å². The Labute approximate surface area is 150 Å². The summed E-state index contributed by atoms with van der Waals surface area (Å²) in [6, 6.07) is 14.9. The number of hydrogen-bond donors (Lipinski definition) is 3. The monoisotopic (exact) mass is 349 g/mol. The molecule has 0 aliphatic carbocycles. The second-order valence-corrected chi connectivity index (χ2v) is 6.42. The molecule has 132 valence electrons. The maximum absolute atomic E-state index is 12.6. The van der Waals surface area contributed by atoms with Crippen molar-refractivity contribution in [2.75, 3.05) is 5.32 Å². The first-order chi connectivity index (χ1) is 12.6. The number of hydrogen-bond acceptors (Lipinski definition) is 5. The lowest BCUT2D eigenvalue weighted by molar-refractivity contribution is -0.117. The number of amides is 1. The summed E-state index contributed by atoms with van der Waals surface area (Å²) in [7, 11) is 1.65. The number of nitrogens with one attached hydrogen (secondary N) is 3. The molecule has 1 fully saturated rings. The summed E-state index contributed by atoms with van der Waals surface area (Å²) in [5, 5.41) is 3.36. The minimum Gasteiger partial charge on any atom is -0.325 e. The highest BCUT2D eigenvalue weighted by Crippen LogP contribution is 2.23. The molecule has 2 unspecified atom stereocenters. The summed E-state index contributed by atoms with van der Waals surface area (Å²) in [6.07, 6.45) is 2.13. The topological polar surface area (TPSA) is 88.1 Å². The van der Waals surface area contributed by atoms with Crippen LogP contribution in [0.1, 0.15) is 18.0 Å². The average Bonchev–Trinajstić information content (AvgIpc) is 3.16. The number of fused-ring (bicyclic) bond motifs is 1. The second kappa shape index (κ2) is 6.70. The van der Waals surface area contributed by atoms with Gasteiger partial charge in [-0.25, -0.2) is 15.8 Å². The number of aromatic nitrogens is 2. The van der Waals surface area contributed by atoms with Gasteiger partial charge in [0, 0.05) is 18.8 Å². The van der Waals surface area contributed by atoms with Crippen LogP contribution >= 0.6 is 0 Å². The molecule has 7 nitrogen and oxygen atoms in total. The largest absolute Gasteiger partial charge is 0.325 e. The zero-order valence-corrected chi connectivity index (χ0v) is 14.3. The number of benzene rings is 2. The first-order valence-corrected chi connectivity index (χ1v) is 8.44. The van der Waals surface area contributed by atoms with Gasteiger partial charge in [0.05, 0.1) is 17.2 Å². The fourth-order valence-electron chi connectivity index (χ4n) is 3.15. The summed E-state index contributed by atoms with van der Waals surface area (Å²) in [5.41, 5.74) is 8.38. The Morgan fingerprint density at radius 1 is 1.19 bits per heavy atom. The van der Waals surface area contributed by atoms with Crippen LogP contribution in [0.5, 0.6) is 0 Å². The number of nitrogens with zero attached hydrogens (tertiary/aromatic N) is 2. The molecule has 0 bridgehead atoms. The first-order valence-electron chi connectivity index (χ1n) is 8.44. The highest BCUT2D eigenvalue weighted by atomic mass is 16.2. The van der Waals surface area contributed by atoms with E-state index in [1.54, 1.807) is 25.2 Å². The van der Waals surface area contributed by atoms with Crippen LogP contribution in [0.2, 0.25) is 0 Å². The van der Waals surface area contributed by atoms with Crippen molar-refractivity contribution in [1.82, 2.24) is 20.4 Å². The number of carbonyl (C=O) groups excluding carboxylic acids is 1. The highest BCUT2D eigenvalue weighted by Gasteiger charge is 2.30. The van der Waals surface area contributed by atoms with Gasteiger partial charge in [-0.3, -0.25) is 9.59 Å². The van der Waals surface area contributed by atoms with Crippen LogP contribution in [0.3, 0.4) is 0 Å². The van der Waals surface area contributed by atoms with Crippen LogP contribution in [0, 0.1) is 0 Å². The molecule has 0 saturated carbocycles. The quantitative estimate of drug-likeness (QED) is 0.667. The summed E-state index contributed by atoms with van der Waals surface area (Å²) in [6.45, 7) is 0. The Hall–Kier alpha value is -3.03. The SMILES string of the molecule is Cn1cnc2ccc(NC(=O)C3CC(c4ccccc4)NN3)cc2c1=O. The van der Waals surface area contributed by atoms with E-state index in [4.69, 9.17) is 0 Å². The molecular weight excluding hydrogens is 330 g/mol. The predicted octanol–water partition coefficient (Wildman–Crippen LogP) is 1.48. The maximum atomic E-state index is 12.6. The van der Waals surface area contributed by atoms with Gasteiger partial charge in [-0.05, 0) is 30.2 Å². The van der Waals surface area contributed by atoms with Gasteiger partial charge in [-0.2, -0.15) is 0 Å². The molecule has 0 radical (unpaired) electrons. The summed E-state index contributed by atoms with van der Waals surface area (Å²) in [4.78, 5) is 29.0. The fraction of sp³-hybridized carbons (Fsp3) is 0.211. The molecule has 2 heterocycles. The Kier molecular flexibility index (Phi) is 4.24. The Balaban J connectivity index is 1.49. The van der Waals surface area contributed by atoms with Crippen molar-refractivity contribution in [2.24, 2.45) is 7.05 Å². The van der Waals surface area contributed by atoms with Crippen molar-refractivity contribution in [1.29, 1.82) is 0 Å². The minimum atomic E-state index is -0.354. The summed E-state index contributed by atoms with van der Waals surface area (Å²) in [5.74, 6) is -0.143. The van der Waals surface area contributed by atoms with Gasteiger partial charge < -0.3 is 9.88 Å². The van der Waals surface area contributed by atoms with Crippen LogP contribution < -0.4 is 21.7 Å². The van der Waals surface area contributed by atoms with Gasteiger partial charge in [0.1, 0.15) is 6.04 Å². The average molecular weight is 349 g/mol. The second-order valence-electron chi connectivity index (χ2n) is 6.42. The zero-order chi connectivity index (χ0) is 18.1. The molecule has 1 aromatic heterocycles. The molecule has 26 heavy (non-hydrogen) atoms. The van der Waals surface area contributed by atoms with E-state index < -0.39 is 0 Å². The molecule has 0 spiro atoms. The van der Waals surface area contributed by atoms with E-state index >= 15 is 0 Å². The van der Waals surface area contributed by atoms with Crippen molar-refractivity contribution in [3.63, 3.8) is 0 Å². The maximum Gasteiger partial charge on any atom is 0.260 e. The zero-order valence-electron chi connectivity index (χ0n) is 14.3. The summed E-state index contributed by atoms with van der Waals surface area (Å²) >= 11 is 0. The van der Waals surface area contributed by atoms with Crippen molar-refractivity contribution in [3.05, 3.63) is 70.8 Å². The van der Waals surface area contributed by atoms with Crippen LogP contribution in [-0.2, 0) is 11.8 Å². The lowest BCUT2D eigenvalue weighted by Gasteiger charge is -2.11. The normalized spacial score (nSPS) is 19.6. The molecule has 7 heteroatoms. The smallest absolute Gasteiger partial charge is 0.260 e. The molecule has 2 aromatic carbocycles. The number of anilines is 1. The van der Waals surface area contributed by atoms with E-state index in [9.17, 15) is 9.59 Å². The summed E-state index contributed by atoms with van der Waals surface area (Å²) < 4.78 is 1.42. The van der Waals surface area contributed by atoms with Crippen LogP contribution in [-0.4, -0.2) is 21.5 Å². The van der Waals surface area contributed by atoms with E-state index in [0.717, 1.165) is 5.56 Å². The van der Waals surface area contributed by atoms with Crippen molar-refractivity contribution in [3.8, 4) is 0 Å². The predicted molar refractivity (Wildman–Crippen MR) is 99.5 cm³/mol. The van der Waals surface area contributed by atoms with Crippen molar-refractivity contribution < 1.29 is 4.79 Å². The Morgan fingerprint density at radius 2 is 2.00 bits per heavy atom. The van der Waals surface area contributed by atoms with E-state index in [-0.39, 0.29) is 23.6 Å². The molecular formula is C19H19N5O2. The van der Waals surface area contributed by atoms with Gasteiger partial charge in [-0.15, -0.1) is 0 Å². The Bertz CT molecular complexity index is 1020. The van der Waals surface area contributed by atoms with E-state index in [2.05, 4.69) is 21.2 Å². The Morgan fingerprint density at radius 3 is 2.81 bits per heavy atom. The minimum absolute atomic E-state index is 0.0834. The highest BCUT2D eigenvalue weighted by molar-refractivity contribution is 5.96. The molecule has 2 atom stereocenters. The van der Waals surface area contributed by atoms with Gasteiger partial charge in [0.15, 0.2) is 0 Å². The lowest BCUT2D eigenvalue weighted by atomic mass is 10.0. The van der Waals surface area contributed by atoms with Crippen molar-refractivity contribution >= 4 is 22.5 Å². The van der Waals surface area contributed by atoms with Gasteiger partial charge in [0.25, 0.3) is 5.56 Å². The van der Waals surface area contributed by atoms with E-state index in [1.807, 2.05) is 30.3 Å². The molecule has 1 aliphatic heterocycles. The fourth-order valence-corrected chi connectivity index (χ4v) is 3.15. The van der Waals surface area contributed by atoms with Gasteiger partial charge in [0.2, 0.25) is 5.91 Å². The molecule has 4 rings (SSSR count). The third-order valence-electron chi connectivity index (χ3n) is 4.61. The van der Waals surface area contributed by atoms with Crippen LogP contribution in [0.15, 0.2) is 59.7 Å². The molecule has 3 N–H and O–H groups in total. The van der Waals surface area contributed by atoms with Crippen LogP contribution in [0.4, 0.5) is 5.69 Å². The standard InChI is InChI=1S/C19H19N5O2/c1-24-11-20-15-8-7-13(9-14(15)19(24)26)21-18(25)17-10-16(22-23-17)12-5-3-2-4-6-12/h2-9,11,16-17,22-23H,10H2,1H3,(H,21,25). The van der Waals surface area contributed by atoms with Crippen molar-refractivity contribution in [2.45, 2.75) is 18.5 Å². The van der Waals surface area contributed by atoms with Crippen LogP contribution in [0.25, 0.3) is 10.9 Å². The number of rotatable bonds is 3. The third kappa shape index (κ3) is 3.10. The van der Waals surface area contributed by atoms with E-state index in [1.165, 1.54) is 10.9 Å². The van der Waals surface area contributed by atoms with Gasteiger partial charge in [-0.1, -0.05) is 30.3 Å². The number of carbonyl (C=O) groups is 1.